The number of hydrogen-bond acceptors (Lipinski definition) is 13. The second-order valence-electron chi connectivity index (χ2n) is 14.0. The molecule has 0 saturated carbocycles. The first-order valence-corrected chi connectivity index (χ1v) is 19.9. The predicted octanol–water partition coefficient (Wildman–Crippen LogP) is 3.01. The molecule has 1 amide bonds. The summed E-state index contributed by atoms with van der Waals surface area (Å²) in [7, 11) is 1.68. The Morgan fingerprint density at radius 1 is 0.968 bits per heavy atom. The number of nitrogens with zero attached hydrogens (tertiary/aromatic N) is 1. The van der Waals surface area contributed by atoms with Gasteiger partial charge in [-0.25, -0.2) is 19.4 Å². The fourth-order valence-corrected chi connectivity index (χ4v) is 6.53. The van der Waals surface area contributed by atoms with E-state index in [0.717, 1.165) is 17.4 Å². The average Bonchev–Trinajstić information content (AvgIpc) is 3.23. The first kappa shape index (κ1) is 48.3. The fraction of sp³-hybridized carbons (Fsp3) is 0.381. The normalized spacial score (nSPS) is 16.7. The number of aliphatic hydroxyl groups is 2. The second-order valence-corrected chi connectivity index (χ2v) is 14.4. The number of aryl methyl sites for hydroxylation is 1. The Balaban J connectivity index is 0.000000273. The number of thiocarbonyl (C=S) groups is 1. The Hall–Kier alpha value is -6.32. The van der Waals surface area contributed by atoms with Crippen LogP contribution < -0.4 is 32.8 Å². The molecule has 2 aromatic rings. The number of carbonyl (C=O) groups excluding carboxylic acids is 1. The monoisotopic (exact) mass is 880 g/mol. The van der Waals surface area contributed by atoms with Crippen LogP contribution in [0.15, 0.2) is 80.6 Å². The average molecular weight is 881 g/mol. The zero-order valence-electron chi connectivity index (χ0n) is 34.6. The third-order valence-electron chi connectivity index (χ3n) is 9.37. The molecule has 19 nitrogen and oxygen atoms in total. The maximum Gasteiger partial charge on any atom is 0.407 e. The van der Waals surface area contributed by atoms with E-state index >= 15 is 0 Å². The number of rotatable bonds is 17. The minimum atomic E-state index is -1.55. The summed E-state index contributed by atoms with van der Waals surface area (Å²) >= 11 is 5.11. The fourth-order valence-electron chi connectivity index (χ4n) is 6.41. The maximum atomic E-state index is 12.2. The number of fused-ring (bicyclic) bond motifs is 2. The molecule has 1 aliphatic carbocycles. The van der Waals surface area contributed by atoms with Crippen molar-refractivity contribution >= 4 is 58.0 Å². The molecule has 3 aliphatic rings. The van der Waals surface area contributed by atoms with Crippen molar-refractivity contribution in [3.63, 3.8) is 0 Å². The SMILES string of the molecule is CCCOCCOCCNC(=O)O[C@@H]([C@@H]1OC(C(=O)O)=C[C@H](N=C(N)N)[C@H]1C)[C@H](O)CO.CNC(=S)Nc1ccc(-c2c3ccc(=O)cc-3oc3cc(C)ccc23)c(C(=O)O)c1. The van der Waals surface area contributed by atoms with Crippen molar-refractivity contribution in [3.05, 3.63) is 87.8 Å². The molecule has 2 heterocycles. The number of aliphatic imine (C=N–C) groups is 1. The van der Waals surface area contributed by atoms with Crippen LogP contribution in [0.2, 0.25) is 0 Å². The van der Waals surface area contributed by atoms with E-state index in [1.165, 1.54) is 18.2 Å². The number of amides is 1. The number of aliphatic carboxylic acids is 1. The Labute approximate surface area is 362 Å². The molecule has 0 saturated heterocycles. The van der Waals surface area contributed by atoms with Crippen LogP contribution in [-0.2, 0) is 23.7 Å². The lowest BCUT2D eigenvalue weighted by Gasteiger charge is -2.38. The van der Waals surface area contributed by atoms with Crippen LogP contribution >= 0.6 is 12.2 Å². The number of ether oxygens (including phenoxy) is 4. The van der Waals surface area contributed by atoms with Gasteiger partial charge in [0.1, 0.15) is 23.6 Å². The van der Waals surface area contributed by atoms with Gasteiger partial charge in [-0.1, -0.05) is 32.0 Å². The summed E-state index contributed by atoms with van der Waals surface area (Å²) in [5.74, 6) is -3.41. The number of hydrogen-bond donors (Lipinski definition) is 9. The highest BCUT2D eigenvalue weighted by atomic mass is 32.1. The molecule has 0 aromatic heterocycles. The molecular formula is C42H52N6O13S. The Morgan fingerprint density at radius 3 is 2.32 bits per heavy atom. The molecule has 62 heavy (non-hydrogen) atoms. The number of carboxylic acid groups (broad SMARTS) is 2. The van der Waals surface area contributed by atoms with Crippen LogP contribution in [0, 0.1) is 12.8 Å². The topological polar surface area (TPSA) is 300 Å². The standard InChI is InChI=1S/C23H18N2O4S.C19H34N4O9/c1-12-3-6-16-19(9-12)29-20-11-14(26)5-8-17(20)21(16)15-7-4-13(25-23(30)24-2)10-18(15)22(27)28;1-3-5-29-7-8-30-6-4-22-19(28)32-16(13(25)10-24)15-11(2)12(23-18(20)21)9-14(31-15)17(26)27/h3-11H,1-2H3,(H,27,28)(H2,24,25,30);9,11-13,15-16,24-25H,3-8,10H2,1-2H3,(H,22,28)(H,26,27)(H4,20,21,23)/t;11-,12+,13-,15-,16-/m.1/s1. The van der Waals surface area contributed by atoms with Gasteiger partial charge >= 0.3 is 18.0 Å². The number of nitrogens with one attached hydrogen (secondary N) is 3. The van der Waals surface area contributed by atoms with Gasteiger partial charge in [0.05, 0.1) is 38.0 Å². The highest BCUT2D eigenvalue weighted by molar-refractivity contribution is 7.80. The molecule has 2 aromatic carbocycles. The van der Waals surface area contributed by atoms with Crippen molar-refractivity contribution in [2.45, 2.75) is 51.5 Å². The van der Waals surface area contributed by atoms with Crippen molar-refractivity contribution in [3.8, 4) is 22.5 Å². The maximum absolute atomic E-state index is 12.2. The number of aliphatic hydroxyl groups excluding tert-OH is 2. The minimum absolute atomic E-state index is 0.111. The van der Waals surface area contributed by atoms with Crippen molar-refractivity contribution in [2.24, 2.45) is 22.4 Å². The molecule has 0 spiro atoms. The van der Waals surface area contributed by atoms with Gasteiger partial charge in [0.15, 0.2) is 22.6 Å². The van der Waals surface area contributed by atoms with Crippen LogP contribution in [0.3, 0.4) is 0 Å². The molecule has 5 rings (SSSR count). The third kappa shape index (κ3) is 13.1. The lowest BCUT2D eigenvalue weighted by atomic mass is 9.87. The number of guanidine groups is 1. The molecule has 2 aliphatic heterocycles. The number of anilines is 1. The first-order chi connectivity index (χ1) is 29.6. The summed E-state index contributed by atoms with van der Waals surface area (Å²) in [6.45, 7) is 6.58. The molecule has 0 bridgehead atoms. The van der Waals surface area contributed by atoms with E-state index in [-0.39, 0.29) is 30.1 Å². The number of carbonyl (C=O) groups is 3. The van der Waals surface area contributed by atoms with Crippen LogP contribution in [0.1, 0.15) is 36.2 Å². The van der Waals surface area contributed by atoms with Crippen LogP contribution in [-0.4, -0.2) is 121 Å². The van der Waals surface area contributed by atoms with Crippen molar-refractivity contribution < 1.29 is 58.2 Å². The molecule has 0 fully saturated rings. The number of carboxylic acids is 2. The van der Waals surface area contributed by atoms with E-state index in [0.29, 0.717) is 58.7 Å². The third-order valence-corrected chi connectivity index (χ3v) is 9.68. The summed E-state index contributed by atoms with van der Waals surface area (Å²) < 4.78 is 27.2. The number of aromatic carboxylic acids is 1. The lowest BCUT2D eigenvalue weighted by molar-refractivity contribution is -0.147. The second kappa shape index (κ2) is 23.0. The van der Waals surface area contributed by atoms with Gasteiger partial charge in [0.2, 0.25) is 5.76 Å². The van der Waals surface area contributed by atoms with Gasteiger partial charge in [-0.3, -0.25) is 4.79 Å². The zero-order valence-corrected chi connectivity index (χ0v) is 35.4. The summed E-state index contributed by atoms with van der Waals surface area (Å²) in [5, 5.41) is 48.2. The van der Waals surface area contributed by atoms with E-state index in [2.05, 4.69) is 20.9 Å². The van der Waals surface area contributed by atoms with E-state index in [1.54, 1.807) is 38.2 Å². The van der Waals surface area contributed by atoms with Gasteiger partial charge in [0.25, 0.3) is 0 Å². The van der Waals surface area contributed by atoms with Crippen LogP contribution in [0.25, 0.3) is 33.4 Å². The Bertz CT molecular complexity index is 2300. The van der Waals surface area contributed by atoms with E-state index in [4.69, 9.17) is 47.0 Å². The van der Waals surface area contributed by atoms with E-state index in [1.807, 2.05) is 32.0 Å². The van der Waals surface area contributed by atoms with Gasteiger partial charge in [-0.15, -0.1) is 0 Å². The highest BCUT2D eigenvalue weighted by Gasteiger charge is 2.43. The summed E-state index contributed by atoms with van der Waals surface area (Å²) in [6.07, 6.45) is -2.89. The molecule has 5 atom stereocenters. The van der Waals surface area contributed by atoms with Gasteiger partial charge in [-0.2, -0.15) is 0 Å². The molecule has 20 heteroatoms. The molecule has 0 radical (unpaired) electrons. The van der Waals surface area contributed by atoms with E-state index in [9.17, 15) is 39.6 Å². The van der Waals surface area contributed by atoms with Crippen molar-refractivity contribution in [1.29, 1.82) is 0 Å². The molecule has 11 N–H and O–H groups in total. The number of alkyl carbamates (subject to hydrolysis) is 1. The smallest absolute Gasteiger partial charge is 0.407 e. The number of benzene rings is 3. The summed E-state index contributed by atoms with van der Waals surface area (Å²) in [6, 6.07) is 14.5. The Kier molecular flexibility index (Phi) is 18.0. The molecular weight excluding hydrogens is 829 g/mol. The van der Waals surface area contributed by atoms with Crippen LogP contribution in [0.4, 0.5) is 10.5 Å². The molecule has 0 unspecified atom stereocenters. The van der Waals surface area contributed by atoms with Crippen LogP contribution in [0.5, 0.6) is 0 Å². The minimum Gasteiger partial charge on any atom is -0.479 e. The summed E-state index contributed by atoms with van der Waals surface area (Å²) in [4.78, 5) is 51.7. The zero-order chi connectivity index (χ0) is 45.5. The van der Waals surface area contributed by atoms with Gasteiger partial charge in [-0.05, 0) is 73.1 Å². The van der Waals surface area contributed by atoms with Gasteiger partial charge < -0.3 is 71.2 Å². The van der Waals surface area contributed by atoms with E-state index < -0.39 is 60.7 Å². The lowest BCUT2D eigenvalue weighted by Crippen LogP contribution is -2.52. The first-order valence-electron chi connectivity index (χ1n) is 19.5. The molecule has 334 valence electrons. The highest BCUT2D eigenvalue weighted by Crippen LogP contribution is 2.42. The number of nitrogens with two attached hydrogens (primary N) is 2. The van der Waals surface area contributed by atoms with Crippen molar-refractivity contribution in [2.75, 3.05) is 51.9 Å². The summed E-state index contributed by atoms with van der Waals surface area (Å²) in [5.41, 5.74) is 14.8. The van der Waals surface area contributed by atoms with Crippen molar-refractivity contribution in [1.82, 2.24) is 10.6 Å². The quantitative estimate of drug-likeness (QED) is 0.0242. The van der Waals surface area contributed by atoms with Gasteiger partial charge in [0, 0.05) is 54.4 Å². The largest absolute Gasteiger partial charge is 0.479 e. The predicted molar refractivity (Wildman–Crippen MR) is 234 cm³/mol. The Morgan fingerprint density at radius 2 is 1.68 bits per heavy atom.